The number of ether oxygens (including phenoxy) is 1. The van der Waals surface area contributed by atoms with Crippen molar-refractivity contribution in [3.8, 4) is 5.88 Å². The average molecular weight is 242 g/mol. The van der Waals surface area contributed by atoms with Crippen LogP contribution >= 0.6 is 0 Å². The Labute approximate surface area is 108 Å². The molecule has 1 aromatic heterocycles. The fourth-order valence-electron chi connectivity index (χ4n) is 1.68. The van der Waals surface area contributed by atoms with Gasteiger partial charge in [0.05, 0.1) is 0 Å². The number of hydrogen-bond acceptors (Lipinski definition) is 3. The third-order valence-electron chi connectivity index (χ3n) is 2.85. The predicted octanol–water partition coefficient (Wildman–Crippen LogP) is 3.23. The molecule has 3 heteroatoms. The molecule has 0 unspecified atom stereocenters. The Balaban J connectivity index is 2.04. The highest BCUT2D eigenvalue weighted by Gasteiger charge is 2.03. The van der Waals surface area contributed by atoms with Gasteiger partial charge in [0.15, 0.2) is 0 Å². The van der Waals surface area contributed by atoms with E-state index < -0.39 is 0 Å². The molecule has 2 aromatic rings. The molecule has 0 amide bonds. The molecule has 0 bridgehead atoms. The Morgan fingerprint density at radius 1 is 1.06 bits per heavy atom. The largest absolute Gasteiger partial charge is 0.473 e. The van der Waals surface area contributed by atoms with Gasteiger partial charge in [0.2, 0.25) is 5.88 Å². The topological polar surface area (TPSA) is 35.0 Å². The van der Waals surface area contributed by atoms with Gasteiger partial charge in [0, 0.05) is 11.8 Å². The summed E-state index contributed by atoms with van der Waals surface area (Å²) < 4.78 is 5.73. The van der Waals surface area contributed by atoms with Crippen LogP contribution in [0.3, 0.4) is 0 Å². The lowest BCUT2D eigenvalue weighted by atomic mass is 10.1. The molecule has 94 valence electrons. The maximum absolute atomic E-state index is 5.73. The van der Waals surface area contributed by atoms with E-state index in [1.165, 1.54) is 5.56 Å². The molecule has 2 rings (SSSR count). The van der Waals surface area contributed by atoms with Crippen molar-refractivity contribution < 1.29 is 4.74 Å². The van der Waals surface area contributed by atoms with E-state index in [4.69, 9.17) is 4.74 Å². The number of aromatic nitrogens is 2. The monoisotopic (exact) mass is 242 g/mol. The highest BCUT2D eigenvalue weighted by Crippen LogP contribution is 2.15. The second-order valence-electron chi connectivity index (χ2n) is 4.36. The van der Waals surface area contributed by atoms with E-state index in [-0.39, 0.29) is 0 Å². The van der Waals surface area contributed by atoms with Gasteiger partial charge in [-0.25, -0.2) is 4.98 Å². The highest BCUT2D eigenvalue weighted by molar-refractivity contribution is 5.24. The van der Waals surface area contributed by atoms with Gasteiger partial charge >= 0.3 is 0 Å². The minimum Gasteiger partial charge on any atom is -0.473 e. The summed E-state index contributed by atoms with van der Waals surface area (Å²) in [5.74, 6) is 1.40. The van der Waals surface area contributed by atoms with Crippen LogP contribution in [0.15, 0.2) is 30.5 Å². The summed E-state index contributed by atoms with van der Waals surface area (Å²) in [5, 5.41) is 0. The van der Waals surface area contributed by atoms with Crippen LogP contribution in [0.5, 0.6) is 5.88 Å². The molecule has 0 aliphatic heterocycles. The zero-order valence-corrected chi connectivity index (χ0v) is 11.1. The first-order valence-electron chi connectivity index (χ1n) is 6.20. The van der Waals surface area contributed by atoms with E-state index >= 15 is 0 Å². The molecular formula is C15H18N2O. The molecule has 3 nitrogen and oxygen atoms in total. The van der Waals surface area contributed by atoms with Gasteiger partial charge in [-0.2, -0.15) is 4.98 Å². The molecule has 0 N–H and O–H groups in total. The van der Waals surface area contributed by atoms with E-state index in [1.54, 1.807) is 6.20 Å². The molecule has 0 aliphatic carbocycles. The van der Waals surface area contributed by atoms with Crippen molar-refractivity contribution in [1.82, 2.24) is 9.97 Å². The lowest BCUT2D eigenvalue weighted by Gasteiger charge is -2.08. The van der Waals surface area contributed by atoms with Gasteiger partial charge in [-0.15, -0.1) is 0 Å². The van der Waals surface area contributed by atoms with Crippen molar-refractivity contribution in [2.75, 3.05) is 0 Å². The quantitative estimate of drug-likeness (QED) is 0.825. The Morgan fingerprint density at radius 2 is 1.72 bits per heavy atom. The fourth-order valence-corrected chi connectivity index (χ4v) is 1.68. The summed E-state index contributed by atoms with van der Waals surface area (Å²) in [7, 11) is 0. The zero-order valence-electron chi connectivity index (χ0n) is 11.1. The SMILES string of the molecule is CCc1ccc(COc2nc(C)ncc2C)cc1. The Hall–Kier alpha value is -1.90. The number of aryl methyl sites for hydroxylation is 3. The minimum atomic E-state index is 0.543. The van der Waals surface area contributed by atoms with Gasteiger partial charge in [0.25, 0.3) is 0 Å². The molecule has 0 saturated heterocycles. The number of rotatable bonds is 4. The lowest BCUT2D eigenvalue weighted by Crippen LogP contribution is -2.01. The van der Waals surface area contributed by atoms with Gasteiger partial charge in [-0.05, 0) is 31.4 Å². The molecule has 1 heterocycles. The molecule has 0 saturated carbocycles. The molecule has 0 spiro atoms. The van der Waals surface area contributed by atoms with Crippen LogP contribution < -0.4 is 4.74 Å². The van der Waals surface area contributed by atoms with Crippen LogP contribution in [-0.4, -0.2) is 9.97 Å². The third-order valence-corrected chi connectivity index (χ3v) is 2.85. The van der Waals surface area contributed by atoms with Crippen LogP contribution in [0, 0.1) is 13.8 Å². The van der Waals surface area contributed by atoms with Crippen molar-refractivity contribution in [3.63, 3.8) is 0 Å². The summed E-state index contributed by atoms with van der Waals surface area (Å²) in [6.07, 6.45) is 2.85. The maximum atomic E-state index is 5.73. The van der Waals surface area contributed by atoms with E-state index in [0.717, 1.165) is 23.4 Å². The second kappa shape index (κ2) is 5.63. The summed E-state index contributed by atoms with van der Waals surface area (Å²) >= 11 is 0. The van der Waals surface area contributed by atoms with E-state index in [9.17, 15) is 0 Å². The first kappa shape index (κ1) is 12.6. The average Bonchev–Trinajstić information content (AvgIpc) is 2.40. The van der Waals surface area contributed by atoms with E-state index in [0.29, 0.717) is 12.5 Å². The number of hydrogen-bond donors (Lipinski definition) is 0. The first-order valence-corrected chi connectivity index (χ1v) is 6.20. The van der Waals surface area contributed by atoms with Gasteiger partial charge in [-0.1, -0.05) is 31.2 Å². The van der Waals surface area contributed by atoms with Gasteiger partial charge < -0.3 is 4.74 Å². The van der Waals surface area contributed by atoms with Crippen molar-refractivity contribution in [2.45, 2.75) is 33.8 Å². The minimum absolute atomic E-state index is 0.543. The standard InChI is InChI=1S/C15H18N2O/c1-4-13-5-7-14(8-6-13)10-18-15-11(2)9-16-12(3)17-15/h5-9H,4,10H2,1-3H3. The smallest absolute Gasteiger partial charge is 0.219 e. The van der Waals surface area contributed by atoms with Crippen molar-refractivity contribution >= 4 is 0 Å². The molecule has 18 heavy (non-hydrogen) atoms. The van der Waals surface area contributed by atoms with E-state index in [1.807, 2.05) is 13.8 Å². The summed E-state index contributed by atoms with van der Waals surface area (Å²) in [4.78, 5) is 8.41. The number of benzene rings is 1. The fraction of sp³-hybridized carbons (Fsp3) is 0.333. The lowest BCUT2D eigenvalue weighted by molar-refractivity contribution is 0.290. The molecule has 1 aromatic carbocycles. The van der Waals surface area contributed by atoms with Crippen molar-refractivity contribution in [2.24, 2.45) is 0 Å². The summed E-state index contributed by atoms with van der Waals surface area (Å²) in [6, 6.07) is 8.47. The zero-order chi connectivity index (χ0) is 13.0. The summed E-state index contributed by atoms with van der Waals surface area (Å²) in [5.41, 5.74) is 3.46. The Morgan fingerprint density at radius 3 is 2.39 bits per heavy atom. The molecule has 0 fully saturated rings. The first-order chi connectivity index (χ1) is 8.69. The van der Waals surface area contributed by atoms with Crippen molar-refractivity contribution in [1.29, 1.82) is 0 Å². The molecule has 0 aliphatic rings. The number of nitrogens with zero attached hydrogens (tertiary/aromatic N) is 2. The van der Waals surface area contributed by atoms with Gasteiger partial charge in [-0.3, -0.25) is 0 Å². The Kier molecular flexibility index (Phi) is 3.92. The summed E-state index contributed by atoms with van der Waals surface area (Å²) in [6.45, 7) is 6.51. The maximum Gasteiger partial charge on any atom is 0.219 e. The second-order valence-corrected chi connectivity index (χ2v) is 4.36. The van der Waals surface area contributed by atoms with E-state index in [2.05, 4.69) is 41.2 Å². The van der Waals surface area contributed by atoms with Crippen LogP contribution in [0.25, 0.3) is 0 Å². The molecule has 0 radical (unpaired) electrons. The molecule has 0 atom stereocenters. The van der Waals surface area contributed by atoms with Crippen LogP contribution in [0.1, 0.15) is 29.4 Å². The molecular weight excluding hydrogens is 224 g/mol. The van der Waals surface area contributed by atoms with Crippen molar-refractivity contribution in [3.05, 3.63) is 53.0 Å². The third kappa shape index (κ3) is 3.06. The normalized spacial score (nSPS) is 10.4. The highest BCUT2D eigenvalue weighted by atomic mass is 16.5. The van der Waals surface area contributed by atoms with Gasteiger partial charge in [0.1, 0.15) is 12.4 Å². The Bertz CT molecular complexity index is 521. The van der Waals surface area contributed by atoms with Crippen LogP contribution in [-0.2, 0) is 13.0 Å². The van der Waals surface area contributed by atoms with Crippen LogP contribution in [0.2, 0.25) is 0 Å². The van der Waals surface area contributed by atoms with Crippen LogP contribution in [0.4, 0.5) is 0 Å². The predicted molar refractivity (Wildman–Crippen MR) is 71.7 cm³/mol.